The van der Waals surface area contributed by atoms with Crippen LogP contribution in [-0.4, -0.2) is 18.6 Å². The number of thioether (sulfide) groups is 1. The number of halogens is 2. The summed E-state index contributed by atoms with van der Waals surface area (Å²) in [5.41, 5.74) is 0.444. The van der Waals surface area contributed by atoms with Crippen LogP contribution in [0.4, 0.5) is 8.78 Å². The summed E-state index contributed by atoms with van der Waals surface area (Å²) in [4.78, 5) is 12.9. The molecule has 0 amide bonds. The van der Waals surface area contributed by atoms with E-state index in [0.717, 1.165) is 17.0 Å². The molecular weight excluding hydrogens is 282 g/mol. The van der Waals surface area contributed by atoms with E-state index < -0.39 is 24.0 Å². The summed E-state index contributed by atoms with van der Waals surface area (Å²) in [7, 11) is 0. The second-order valence-corrected chi connectivity index (χ2v) is 4.87. The van der Waals surface area contributed by atoms with Crippen molar-refractivity contribution in [2.45, 2.75) is 4.90 Å². The Bertz CT molecular complexity index is 592. The first-order chi connectivity index (χ1) is 9.61. The average Bonchev–Trinajstić information content (AvgIpc) is 2.46. The summed E-state index contributed by atoms with van der Waals surface area (Å²) in [6.45, 7) is -0.406. The quantitative estimate of drug-likeness (QED) is 0.617. The van der Waals surface area contributed by atoms with Gasteiger partial charge in [0.2, 0.25) is 0 Å². The maximum Gasteiger partial charge on any atom is 0.200 e. The van der Waals surface area contributed by atoms with Gasteiger partial charge in [-0.3, -0.25) is 4.79 Å². The van der Waals surface area contributed by atoms with E-state index >= 15 is 0 Å². The third kappa shape index (κ3) is 3.36. The number of ketones is 1. The SMILES string of the molecule is CSc1ccc(C(=O)COc2c(F)cccc2F)cc1. The number of hydrogen-bond acceptors (Lipinski definition) is 3. The molecule has 2 rings (SSSR count). The van der Waals surface area contributed by atoms with Crippen molar-refractivity contribution in [2.75, 3.05) is 12.9 Å². The minimum absolute atomic E-state index is 0.333. The van der Waals surface area contributed by atoms with E-state index in [4.69, 9.17) is 4.74 Å². The molecule has 0 aliphatic heterocycles. The normalized spacial score (nSPS) is 10.3. The van der Waals surface area contributed by atoms with Crippen LogP contribution in [0.25, 0.3) is 0 Å². The summed E-state index contributed by atoms with van der Waals surface area (Å²) in [6, 6.07) is 10.3. The summed E-state index contributed by atoms with van der Waals surface area (Å²) in [5.74, 6) is -2.51. The van der Waals surface area contributed by atoms with Crippen molar-refractivity contribution in [3.63, 3.8) is 0 Å². The number of carbonyl (C=O) groups excluding carboxylic acids is 1. The average molecular weight is 294 g/mol. The summed E-state index contributed by atoms with van der Waals surface area (Å²) in [6.07, 6.45) is 1.93. The van der Waals surface area contributed by atoms with E-state index in [1.54, 1.807) is 23.9 Å². The number of hydrogen-bond donors (Lipinski definition) is 0. The van der Waals surface area contributed by atoms with Crippen molar-refractivity contribution < 1.29 is 18.3 Å². The van der Waals surface area contributed by atoms with E-state index in [9.17, 15) is 13.6 Å². The van der Waals surface area contributed by atoms with Crippen LogP contribution in [0.2, 0.25) is 0 Å². The Hall–Kier alpha value is -1.88. The lowest BCUT2D eigenvalue weighted by Crippen LogP contribution is -2.13. The number of benzene rings is 2. The Morgan fingerprint density at radius 2 is 1.70 bits per heavy atom. The van der Waals surface area contributed by atoms with Crippen LogP contribution in [0.3, 0.4) is 0 Å². The van der Waals surface area contributed by atoms with Gasteiger partial charge in [-0.1, -0.05) is 18.2 Å². The molecule has 0 bridgehead atoms. The van der Waals surface area contributed by atoms with Crippen LogP contribution in [0.5, 0.6) is 5.75 Å². The fourth-order valence-electron chi connectivity index (χ4n) is 1.62. The minimum Gasteiger partial charge on any atom is -0.479 e. The van der Waals surface area contributed by atoms with Gasteiger partial charge in [0.15, 0.2) is 29.8 Å². The molecule has 20 heavy (non-hydrogen) atoms. The van der Waals surface area contributed by atoms with Gasteiger partial charge < -0.3 is 4.74 Å². The van der Waals surface area contributed by atoms with Crippen molar-refractivity contribution in [3.05, 3.63) is 59.7 Å². The van der Waals surface area contributed by atoms with Crippen LogP contribution in [0.1, 0.15) is 10.4 Å². The first-order valence-electron chi connectivity index (χ1n) is 5.86. The Morgan fingerprint density at radius 1 is 1.10 bits per heavy atom. The van der Waals surface area contributed by atoms with Gasteiger partial charge in [0.05, 0.1) is 0 Å². The highest BCUT2D eigenvalue weighted by Gasteiger charge is 2.13. The van der Waals surface area contributed by atoms with E-state index in [0.29, 0.717) is 5.56 Å². The van der Waals surface area contributed by atoms with Gasteiger partial charge in [-0.2, -0.15) is 0 Å². The highest BCUT2D eigenvalue weighted by Crippen LogP contribution is 2.21. The molecule has 0 saturated carbocycles. The molecule has 2 nitrogen and oxygen atoms in total. The Balaban J connectivity index is 2.04. The molecular formula is C15H12F2O2S. The lowest BCUT2D eigenvalue weighted by atomic mass is 10.1. The number of ether oxygens (including phenoxy) is 1. The Morgan fingerprint density at radius 3 is 2.25 bits per heavy atom. The molecule has 104 valence electrons. The van der Waals surface area contributed by atoms with Crippen molar-refractivity contribution in [2.24, 2.45) is 0 Å². The summed E-state index contributed by atoms with van der Waals surface area (Å²) >= 11 is 1.56. The maximum atomic E-state index is 13.3. The standard InChI is InChI=1S/C15H12F2O2S/c1-20-11-7-5-10(6-8-11)14(18)9-19-15-12(16)3-2-4-13(15)17/h2-8H,9H2,1H3. The highest BCUT2D eigenvalue weighted by molar-refractivity contribution is 7.98. The zero-order chi connectivity index (χ0) is 14.5. The molecule has 0 unspecified atom stereocenters. The van der Waals surface area contributed by atoms with Crippen LogP contribution in [0, 0.1) is 11.6 Å². The fourth-order valence-corrected chi connectivity index (χ4v) is 2.03. The molecule has 0 radical (unpaired) electrons. The Kier molecular flexibility index (Phi) is 4.74. The van der Waals surface area contributed by atoms with Crippen molar-refractivity contribution in [3.8, 4) is 5.75 Å². The van der Waals surface area contributed by atoms with Crippen LogP contribution < -0.4 is 4.74 Å². The second-order valence-electron chi connectivity index (χ2n) is 3.99. The molecule has 2 aromatic rings. The van der Waals surface area contributed by atoms with Gasteiger partial charge >= 0.3 is 0 Å². The monoisotopic (exact) mass is 294 g/mol. The van der Waals surface area contributed by atoms with Crippen LogP contribution in [-0.2, 0) is 0 Å². The molecule has 0 heterocycles. The number of carbonyl (C=O) groups is 1. The third-order valence-corrected chi connectivity index (χ3v) is 3.42. The second kappa shape index (κ2) is 6.52. The fraction of sp³-hybridized carbons (Fsp3) is 0.133. The first kappa shape index (κ1) is 14.5. The lowest BCUT2D eigenvalue weighted by Gasteiger charge is -2.07. The van der Waals surface area contributed by atoms with Crippen LogP contribution in [0.15, 0.2) is 47.4 Å². The molecule has 0 saturated heterocycles. The predicted molar refractivity (Wildman–Crippen MR) is 74.4 cm³/mol. The molecule has 0 N–H and O–H groups in total. The van der Waals surface area contributed by atoms with Crippen molar-refractivity contribution >= 4 is 17.5 Å². The maximum absolute atomic E-state index is 13.3. The number of rotatable bonds is 5. The Labute approximate surface area is 119 Å². The van der Waals surface area contributed by atoms with Gasteiger partial charge in [0.25, 0.3) is 0 Å². The van der Waals surface area contributed by atoms with Gasteiger partial charge in [-0.25, -0.2) is 8.78 Å². The van der Waals surface area contributed by atoms with Gasteiger partial charge in [0.1, 0.15) is 0 Å². The minimum atomic E-state index is -0.824. The van der Waals surface area contributed by atoms with E-state index in [1.807, 2.05) is 18.4 Å². The van der Waals surface area contributed by atoms with Gasteiger partial charge in [-0.05, 0) is 30.5 Å². The topological polar surface area (TPSA) is 26.3 Å². The molecule has 5 heteroatoms. The number of Topliss-reactive ketones (excluding diaryl/α,β-unsaturated/α-hetero) is 1. The van der Waals surface area contributed by atoms with Gasteiger partial charge in [-0.15, -0.1) is 11.8 Å². The molecule has 0 atom stereocenters. The zero-order valence-corrected chi connectivity index (χ0v) is 11.5. The third-order valence-electron chi connectivity index (χ3n) is 2.68. The van der Waals surface area contributed by atoms with Gasteiger partial charge in [0, 0.05) is 10.5 Å². The molecule has 0 aliphatic rings. The van der Waals surface area contributed by atoms with Crippen molar-refractivity contribution in [1.29, 1.82) is 0 Å². The molecule has 2 aromatic carbocycles. The highest BCUT2D eigenvalue weighted by atomic mass is 32.2. The van der Waals surface area contributed by atoms with Crippen molar-refractivity contribution in [1.82, 2.24) is 0 Å². The lowest BCUT2D eigenvalue weighted by molar-refractivity contribution is 0.0915. The smallest absolute Gasteiger partial charge is 0.200 e. The van der Waals surface area contributed by atoms with Crippen LogP contribution >= 0.6 is 11.8 Å². The summed E-state index contributed by atoms with van der Waals surface area (Å²) < 4.78 is 31.6. The first-order valence-corrected chi connectivity index (χ1v) is 7.08. The molecule has 0 aromatic heterocycles. The largest absolute Gasteiger partial charge is 0.479 e. The number of para-hydroxylation sites is 1. The molecule has 0 spiro atoms. The zero-order valence-electron chi connectivity index (χ0n) is 10.7. The molecule has 0 aliphatic carbocycles. The van der Waals surface area contributed by atoms with E-state index in [-0.39, 0.29) is 5.78 Å². The summed E-state index contributed by atoms with van der Waals surface area (Å²) in [5, 5.41) is 0. The van der Waals surface area contributed by atoms with E-state index in [1.165, 1.54) is 6.07 Å². The van der Waals surface area contributed by atoms with E-state index in [2.05, 4.69) is 0 Å². The molecule has 0 fully saturated rings. The predicted octanol–water partition coefficient (Wildman–Crippen LogP) is 3.95.